The molecule has 1 aliphatic heterocycles. The topological polar surface area (TPSA) is 99.6 Å². The molecule has 76 valence electrons. The van der Waals surface area contributed by atoms with Crippen molar-refractivity contribution in [2.24, 2.45) is 20.7 Å². The van der Waals surface area contributed by atoms with E-state index in [0.717, 1.165) is 0 Å². The van der Waals surface area contributed by atoms with Gasteiger partial charge in [0.05, 0.1) is 0 Å². The van der Waals surface area contributed by atoms with Crippen LogP contribution >= 0.6 is 0 Å². The van der Waals surface area contributed by atoms with Gasteiger partial charge in [0.15, 0.2) is 0 Å². The Morgan fingerprint density at radius 2 is 2.07 bits per heavy atom. The minimum absolute atomic E-state index is 0.238. The van der Waals surface area contributed by atoms with Gasteiger partial charge in [0, 0.05) is 6.20 Å². The molecule has 0 unspecified atom stereocenters. The zero-order chi connectivity index (χ0) is 10.9. The summed E-state index contributed by atoms with van der Waals surface area (Å²) in [4.78, 5) is 15.1. The van der Waals surface area contributed by atoms with Gasteiger partial charge >= 0.3 is 11.6 Å². The molecule has 0 aromatic carbocycles. The van der Waals surface area contributed by atoms with Crippen molar-refractivity contribution >= 4 is 5.97 Å². The molecular formula is C8H7N5O2. The molecule has 0 fully saturated rings. The Bertz CT molecular complexity index is 456. The largest absolute Gasteiger partial charge is 0.478 e. The van der Waals surface area contributed by atoms with Crippen molar-refractivity contribution in [2.45, 2.75) is 12.6 Å². The molecule has 0 spiro atoms. The molecule has 0 atom stereocenters. The van der Waals surface area contributed by atoms with Crippen LogP contribution < -0.4 is 0 Å². The van der Waals surface area contributed by atoms with E-state index >= 15 is 0 Å². The number of carboxylic acids is 1. The van der Waals surface area contributed by atoms with Crippen LogP contribution in [0, 0.1) is 6.92 Å². The highest BCUT2D eigenvalue weighted by atomic mass is 16.4. The minimum atomic E-state index is -1.80. The summed E-state index contributed by atoms with van der Waals surface area (Å²) in [5.74, 6) is -1.24. The van der Waals surface area contributed by atoms with E-state index in [9.17, 15) is 4.79 Å². The van der Waals surface area contributed by atoms with E-state index < -0.39 is 11.6 Å². The molecule has 1 aliphatic rings. The predicted octanol–water partition coefficient (Wildman–Crippen LogP) is 1.46. The maximum Gasteiger partial charge on any atom is 0.364 e. The number of pyridine rings is 1. The van der Waals surface area contributed by atoms with Crippen molar-refractivity contribution in [3.05, 3.63) is 29.6 Å². The van der Waals surface area contributed by atoms with Crippen molar-refractivity contribution in [3.8, 4) is 0 Å². The number of rotatable bonds is 2. The summed E-state index contributed by atoms with van der Waals surface area (Å²) in [6.45, 7) is 1.73. The van der Waals surface area contributed by atoms with E-state index in [4.69, 9.17) is 5.11 Å². The fraction of sp³-hybridized carbons (Fsp3) is 0.250. The first-order valence-electron chi connectivity index (χ1n) is 4.16. The molecule has 0 bridgehead atoms. The predicted molar refractivity (Wildman–Crippen MR) is 48.0 cm³/mol. The van der Waals surface area contributed by atoms with Crippen LogP contribution in [0.15, 0.2) is 39.0 Å². The molecule has 0 saturated heterocycles. The number of aryl methyl sites for hydroxylation is 1. The number of carboxylic acid groups (broad SMARTS) is 1. The average molecular weight is 205 g/mol. The molecule has 1 aromatic rings. The number of hydrogen-bond donors (Lipinski definition) is 1. The maximum atomic E-state index is 11.1. The third-order valence-corrected chi connectivity index (χ3v) is 2.06. The minimum Gasteiger partial charge on any atom is -0.478 e. The Morgan fingerprint density at radius 1 is 1.40 bits per heavy atom. The van der Waals surface area contributed by atoms with Crippen molar-refractivity contribution in [3.63, 3.8) is 0 Å². The standard InChI is InChI=1S/C8H7N5O2/c1-5-3-2-4-9-6(5)8(7(14)15)10-12-13-11-8/h2-4H,1H3,(H,14,15). The van der Waals surface area contributed by atoms with Gasteiger partial charge in [-0.1, -0.05) is 6.07 Å². The second-order valence-corrected chi connectivity index (χ2v) is 3.03. The molecule has 7 heteroatoms. The van der Waals surface area contributed by atoms with Crippen LogP contribution in [0.4, 0.5) is 0 Å². The molecule has 2 heterocycles. The lowest BCUT2D eigenvalue weighted by Crippen LogP contribution is -2.31. The Hall–Kier alpha value is -2.18. The van der Waals surface area contributed by atoms with Gasteiger partial charge < -0.3 is 5.11 Å². The van der Waals surface area contributed by atoms with Crippen molar-refractivity contribution < 1.29 is 9.90 Å². The summed E-state index contributed by atoms with van der Waals surface area (Å²) < 4.78 is 0. The van der Waals surface area contributed by atoms with E-state index in [1.165, 1.54) is 6.20 Å². The summed E-state index contributed by atoms with van der Waals surface area (Å²) in [5.41, 5.74) is -0.882. The number of hydrogen-bond acceptors (Lipinski definition) is 6. The quantitative estimate of drug-likeness (QED) is 0.790. The lowest BCUT2D eigenvalue weighted by Gasteiger charge is -2.15. The molecule has 1 aromatic heterocycles. The maximum absolute atomic E-state index is 11.1. The molecule has 2 rings (SSSR count). The van der Waals surface area contributed by atoms with Crippen LogP contribution in [0.1, 0.15) is 11.3 Å². The summed E-state index contributed by atoms with van der Waals surface area (Å²) in [6.07, 6.45) is 1.48. The van der Waals surface area contributed by atoms with Gasteiger partial charge in [-0.25, -0.2) is 4.79 Å². The molecule has 0 saturated carbocycles. The van der Waals surface area contributed by atoms with Crippen LogP contribution in [0.2, 0.25) is 0 Å². The van der Waals surface area contributed by atoms with Gasteiger partial charge in [0.25, 0.3) is 0 Å². The Morgan fingerprint density at radius 3 is 2.60 bits per heavy atom. The third-order valence-electron chi connectivity index (χ3n) is 2.06. The molecule has 0 aliphatic carbocycles. The monoisotopic (exact) mass is 205 g/mol. The fourth-order valence-electron chi connectivity index (χ4n) is 1.32. The molecular weight excluding hydrogens is 198 g/mol. The molecule has 0 radical (unpaired) electrons. The van der Waals surface area contributed by atoms with Crippen molar-refractivity contribution in [1.29, 1.82) is 0 Å². The second kappa shape index (κ2) is 3.19. The van der Waals surface area contributed by atoms with Gasteiger partial charge in [0.1, 0.15) is 5.69 Å². The van der Waals surface area contributed by atoms with E-state index in [1.807, 2.05) is 0 Å². The van der Waals surface area contributed by atoms with Gasteiger partial charge in [-0.15, -0.1) is 10.2 Å². The number of aliphatic carboxylic acids is 1. The SMILES string of the molecule is Cc1cccnc1C1(C(=O)O)N=NN=N1. The molecule has 15 heavy (non-hydrogen) atoms. The zero-order valence-corrected chi connectivity index (χ0v) is 7.82. The first-order chi connectivity index (χ1) is 7.17. The van der Waals surface area contributed by atoms with Crippen LogP contribution in [-0.2, 0) is 10.5 Å². The van der Waals surface area contributed by atoms with E-state index in [-0.39, 0.29) is 5.69 Å². The highest BCUT2D eigenvalue weighted by Crippen LogP contribution is 2.32. The molecule has 0 amide bonds. The van der Waals surface area contributed by atoms with Gasteiger partial charge in [-0.2, -0.15) is 0 Å². The summed E-state index contributed by atoms with van der Waals surface area (Å²) in [5, 5.41) is 22.6. The Balaban J connectivity index is 2.62. The van der Waals surface area contributed by atoms with Gasteiger partial charge in [-0.3, -0.25) is 4.98 Å². The van der Waals surface area contributed by atoms with Crippen molar-refractivity contribution in [1.82, 2.24) is 4.98 Å². The van der Waals surface area contributed by atoms with Gasteiger partial charge in [-0.05, 0) is 29.0 Å². The zero-order valence-electron chi connectivity index (χ0n) is 7.82. The van der Waals surface area contributed by atoms with Crippen molar-refractivity contribution in [2.75, 3.05) is 0 Å². The van der Waals surface area contributed by atoms with Crippen LogP contribution in [-0.4, -0.2) is 16.1 Å². The fourth-order valence-corrected chi connectivity index (χ4v) is 1.32. The highest BCUT2D eigenvalue weighted by molar-refractivity contribution is 5.80. The lowest BCUT2D eigenvalue weighted by molar-refractivity contribution is -0.143. The number of carbonyl (C=O) groups is 1. The molecule has 7 nitrogen and oxygen atoms in total. The van der Waals surface area contributed by atoms with E-state index in [1.54, 1.807) is 19.1 Å². The van der Waals surface area contributed by atoms with E-state index in [0.29, 0.717) is 5.56 Å². The molecule has 1 N–H and O–H groups in total. The first kappa shape index (κ1) is 9.38. The summed E-state index contributed by atoms with van der Waals surface area (Å²) in [7, 11) is 0. The smallest absolute Gasteiger partial charge is 0.364 e. The van der Waals surface area contributed by atoms with Crippen LogP contribution in [0.25, 0.3) is 0 Å². The average Bonchev–Trinajstić information content (AvgIpc) is 2.68. The number of aromatic nitrogens is 1. The normalized spacial score (nSPS) is 16.9. The first-order valence-corrected chi connectivity index (χ1v) is 4.16. The highest BCUT2D eigenvalue weighted by Gasteiger charge is 2.46. The third kappa shape index (κ3) is 1.28. The Labute approximate surface area is 84.6 Å². The van der Waals surface area contributed by atoms with Gasteiger partial charge in [0.2, 0.25) is 0 Å². The van der Waals surface area contributed by atoms with E-state index in [2.05, 4.69) is 25.7 Å². The van der Waals surface area contributed by atoms with Crippen LogP contribution in [0.5, 0.6) is 0 Å². The number of nitrogens with zero attached hydrogens (tertiary/aromatic N) is 5. The Kier molecular flexibility index (Phi) is 2.00. The lowest BCUT2D eigenvalue weighted by atomic mass is 10.0. The summed E-state index contributed by atoms with van der Waals surface area (Å²) >= 11 is 0. The second-order valence-electron chi connectivity index (χ2n) is 3.03. The van der Waals surface area contributed by atoms with Crippen LogP contribution in [0.3, 0.4) is 0 Å². The summed E-state index contributed by atoms with van der Waals surface area (Å²) in [6, 6.07) is 3.44.